The van der Waals surface area contributed by atoms with Gasteiger partial charge in [0.1, 0.15) is 5.60 Å². The van der Waals surface area contributed by atoms with Crippen molar-refractivity contribution < 1.29 is 14.3 Å². The van der Waals surface area contributed by atoms with Crippen LogP contribution in [0.5, 0.6) is 0 Å². The zero-order valence-electron chi connectivity index (χ0n) is 12.7. The third kappa shape index (κ3) is 3.74. The maximum absolute atomic E-state index is 12.2. The highest BCUT2D eigenvalue weighted by molar-refractivity contribution is 5.83. The molecule has 113 valence electrons. The van der Waals surface area contributed by atoms with Crippen molar-refractivity contribution in [3.63, 3.8) is 0 Å². The fourth-order valence-electron chi connectivity index (χ4n) is 2.43. The van der Waals surface area contributed by atoms with Crippen LogP contribution in [-0.2, 0) is 16.0 Å². The molecule has 21 heavy (non-hydrogen) atoms. The van der Waals surface area contributed by atoms with E-state index in [1.807, 2.05) is 32.9 Å². The van der Waals surface area contributed by atoms with E-state index in [1.165, 1.54) is 0 Å². The van der Waals surface area contributed by atoms with Gasteiger partial charge in [0.2, 0.25) is 5.91 Å². The molecule has 0 spiro atoms. The van der Waals surface area contributed by atoms with E-state index in [1.54, 1.807) is 11.0 Å². The maximum atomic E-state index is 12.2. The van der Waals surface area contributed by atoms with Gasteiger partial charge < -0.3 is 15.4 Å². The van der Waals surface area contributed by atoms with Crippen LogP contribution in [0.1, 0.15) is 37.8 Å². The van der Waals surface area contributed by atoms with Gasteiger partial charge in [0.25, 0.3) is 0 Å². The molecule has 0 aliphatic carbocycles. The Balaban J connectivity index is 2.24. The largest absolute Gasteiger partial charge is 0.444 e. The number of fused-ring (bicyclic) bond motifs is 1. The predicted molar refractivity (Wildman–Crippen MR) is 78.7 cm³/mol. The molecule has 2 amide bonds. The van der Waals surface area contributed by atoms with Gasteiger partial charge in [-0.1, -0.05) is 18.2 Å². The van der Waals surface area contributed by atoms with Crippen LogP contribution in [0.15, 0.2) is 18.2 Å². The second-order valence-corrected chi connectivity index (χ2v) is 6.26. The number of hydrogen-bond acceptors (Lipinski definition) is 3. The lowest BCUT2D eigenvalue weighted by Crippen LogP contribution is -2.41. The summed E-state index contributed by atoms with van der Waals surface area (Å²) in [5, 5.41) is 0. The zero-order valence-corrected chi connectivity index (χ0v) is 12.7. The third-order valence-corrected chi connectivity index (χ3v) is 3.41. The molecular formula is C16H21N2O3. The van der Waals surface area contributed by atoms with Gasteiger partial charge in [0, 0.05) is 13.1 Å². The minimum Gasteiger partial charge on any atom is -0.444 e. The van der Waals surface area contributed by atoms with Crippen molar-refractivity contribution in [2.45, 2.75) is 38.7 Å². The second-order valence-electron chi connectivity index (χ2n) is 6.26. The topological polar surface area (TPSA) is 72.6 Å². The molecule has 1 aromatic carbocycles. The lowest BCUT2D eigenvalue weighted by Gasteiger charge is -2.27. The molecule has 0 saturated heterocycles. The Labute approximate surface area is 125 Å². The summed E-state index contributed by atoms with van der Waals surface area (Å²) in [4.78, 5) is 25.5. The Morgan fingerprint density at radius 2 is 2.14 bits per heavy atom. The number of benzene rings is 1. The van der Waals surface area contributed by atoms with Crippen LogP contribution in [0.3, 0.4) is 0 Å². The van der Waals surface area contributed by atoms with Crippen molar-refractivity contribution in [1.29, 1.82) is 0 Å². The first kappa shape index (κ1) is 15.4. The van der Waals surface area contributed by atoms with Gasteiger partial charge in [0.15, 0.2) is 0 Å². The highest BCUT2D eigenvalue weighted by Crippen LogP contribution is 2.26. The van der Waals surface area contributed by atoms with Gasteiger partial charge in [0.05, 0.1) is 5.92 Å². The van der Waals surface area contributed by atoms with Crippen LogP contribution in [0.4, 0.5) is 4.79 Å². The summed E-state index contributed by atoms with van der Waals surface area (Å²) in [5.74, 6) is -0.942. The fraction of sp³-hybridized carbons (Fsp3) is 0.500. The number of ether oxygens (including phenoxy) is 1. The molecule has 5 nitrogen and oxygen atoms in total. The minimum absolute atomic E-state index is 0.251. The van der Waals surface area contributed by atoms with Crippen molar-refractivity contribution in [2.75, 3.05) is 13.1 Å². The molecule has 1 aromatic rings. The molecule has 1 atom stereocenters. The molecule has 1 unspecified atom stereocenters. The van der Waals surface area contributed by atoms with E-state index in [0.29, 0.717) is 13.0 Å². The van der Waals surface area contributed by atoms with E-state index >= 15 is 0 Å². The average Bonchev–Trinajstić information content (AvgIpc) is 2.56. The number of primary amides is 1. The first-order valence-electron chi connectivity index (χ1n) is 7.04. The molecule has 2 rings (SSSR count). The molecular weight excluding hydrogens is 268 g/mol. The molecule has 0 saturated carbocycles. The molecule has 1 aliphatic rings. The van der Waals surface area contributed by atoms with Crippen LogP contribution in [0.2, 0.25) is 0 Å². The van der Waals surface area contributed by atoms with Gasteiger partial charge in [-0.3, -0.25) is 4.79 Å². The Bertz CT molecular complexity index is 549. The molecule has 0 bridgehead atoms. The van der Waals surface area contributed by atoms with Gasteiger partial charge in [-0.15, -0.1) is 0 Å². The highest BCUT2D eigenvalue weighted by Gasteiger charge is 2.31. The molecule has 0 fully saturated rings. The smallest absolute Gasteiger partial charge is 0.410 e. The first-order valence-corrected chi connectivity index (χ1v) is 7.04. The Kier molecular flexibility index (Phi) is 4.21. The van der Waals surface area contributed by atoms with Crippen LogP contribution >= 0.6 is 0 Å². The predicted octanol–water partition coefficient (Wildman–Crippen LogP) is 1.85. The average molecular weight is 289 g/mol. The van der Waals surface area contributed by atoms with E-state index in [0.717, 1.165) is 11.1 Å². The van der Waals surface area contributed by atoms with E-state index in [2.05, 4.69) is 6.07 Å². The van der Waals surface area contributed by atoms with Crippen molar-refractivity contribution in [2.24, 2.45) is 5.73 Å². The van der Waals surface area contributed by atoms with Gasteiger partial charge >= 0.3 is 6.09 Å². The summed E-state index contributed by atoms with van der Waals surface area (Å²) >= 11 is 0. The number of hydrogen-bond donors (Lipinski definition) is 1. The maximum Gasteiger partial charge on any atom is 0.410 e. The third-order valence-electron chi connectivity index (χ3n) is 3.41. The van der Waals surface area contributed by atoms with Gasteiger partial charge in [-0.25, -0.2) is 4.79 Å². The SMILES string of the molecule is CC(C)(C)OC(=O)N1CCc2c[c]ccc2C(C(N)=O)C1. The van der Waals surface area contributed by atoms with Gasteiger partial charge in [-0.05, 0) is 44.4 Å². The van der Waals surface area contributed by atoms with E-state index in [4.69, 9.17) is 10.5 Å². The molecule has 5 heteroatoms. The summed E-state index contributed by atoms with van der Waals surface area (Å²) in [6, 6.07) is 8.47. The van der Waals surface area contributed by atoms with Crippen molar-refractivity contribution in [3.8, 4) is 0 Å². The molecule has 2 N–H and O–H groups in total. The molecule has 0 aromatic heterocycles. The summed E-state index contributed by atoms with van der Waals surface area (Å²) in [6.07, 6.45) is 0.251. The van der Waals surface area contributed by atoms with Gasteiger partial charge in [-0.2, -0.15) is 0 Å². The lowest BCUT2D eigenvalue weighted by molar-refractivity contribution is -0.119. The Morgan fingerprint density at radius 1 is 1.43 bits per heavy atom. The monoisotopic (exact) mass is 289 g/mol. The fourth-order valence-corrected chi connectivity index (χ4v) is 2.43. The zero-order chi connectivity index (χ0) is 15.6. The van der Waals surface area contributed by atoms with Crippen molar-refractivity contribution >= 4 is 12.0 Å². The van der Waals surface area contributed by atoms with E-state index < -0.39 is 23.5 Å². The lowest BCUT2D eigenvalue weighted by atomic mass is 9.93. The molecule has 1 radical (unpaired) electrons. The Hall–Kier alpha value is -2.04. The summed E-state index contributed by atoms with van der Waals surface area (Å²) in [5.41, 5.74) is 6.84. The number of carbonyl (C=O) groups excluding carboxylic acids is 2. The Morgan fingerprint density at radius 3 is 2.76 bits per heavy atom. The number of amides is 2. The normalized spacial score (nSPS) is 18.6. The van der Waals surface area contributed by atoms with Crippen LogP contribution < -0.4 is 5.73 Å². The molecule has 1 aliphatic heterocycles. The number of nitrogens with zero attached hydrogens (tertiary/aromatic N) is 1. The summed E-state index contributed by atoms with van der Waals surface area (Å²) in [7, 11) is 0. The van der Waals surface area contributed by atoms with Crippen LogP contribution in [0, 0.1) is 6.07 Å². The standard InChI is InChI=1S/C16H21N2O3/c1-16(2,3)21-15(20)18-9-8-11-6-4-5-7-12(11)13(10-18)14(17)19/h5-7,13H,8-10H2,1-3H3,(H2,17,19). The highest BCUT2D eigenvalue weighted by atomic mass is 16.6. The summed E-state index contributed by atoms with van der Waals surface area (Å²) in [6.45, 7) is 6.21. The van der Waals surface area contributed by atoms with E-state index in [9.17, 15) is 9.59 Å². The molecule has 1 heterocycles. The van der Waals surface area contributed by atoms with Crippen LogP contribution in [0.25, 0.3) is 0 Å². The summed E-state index contributed by atoms with van der Waals surface area (Å²) < 4.78 is 5.39. The van der Waals surface area contributed by atoms with Crippen molar-refractivity contribution in [3.05, 3.63) is 35.4 Å². The number of nitrogens with two attached hydrogens (primary N) is 1. The number of rotatable bonds is 1. The van der Waals surface area contributed by atoms with Crippen molar-refractivity contribution in [1.82, 2.24) is 4.90 Å². The quantitative estimate of drug-likeness (QED) is 0.857. The van der Waals surface area contributed by atoms with Crippen LogP contribution in [-0.4, -0.2) is 35.6 Å². The van der Waals surface area contributed by atoms with E-state index in [-0.39, 0.29) is 6.54 Å². The second kappa shape index (κ2) is 5.76. The minimum atomic E-state index is -0.563. The first-order chi connectivity index (χ1) is 9.78. The number of carbonyl (C=O) groups is 2.